The first kappa shape index (κ1) is 17.1. The zero-order valence-corrected chi connectivity index (χ0v) is 13.2. The van der Waals surface area contributed by atoms with E-state index in [1.54, 1.807) is 25.1 Å². The molecule has 1 atom stereocenters. The number of carboxylic acid groups (broad SMARTS) is 1. The maximum Gasteiger partial charge on any atom is 0.307 e. The second-order valence-electron chi connectivity index (χ2n) is 4.24. The third-order valence-electron chi connectivity index (χ3n) is 2.47. The molecule has 0 aliphatic carbocycles. The predicted molar refractivity (Wildman–Crippen MR) is 83.8 cm³/mol. The van der Waals surface area contributed by atoms with Gasteiger partial charge < -0.3 is 10.4 Å². The van der Waals surface area contributed by atoms with Crippen LogP contribution in [-0.2, 0) is 9.59 Å². The highest BCUT2D eigenvalue weighted by Gasteiger charge is 2.11. The maximum absolute atomic E-state index is 11.7. The fourth-order valence-electron chi connectivity index (χ4n) is 1.30. The summed E-state index contributed by atoms with van der Waals surface area (Å²) >= 11 is 13.2. The van der Waals surface area contributed by atoms with Crippen LogP contribution in [0.3, 0.4) is 0 Å². The lowest BCUT2D eigenvalue weighted by Gasteiger charge is -2.08. The highest BCUT2D eigenvalue weighted by molar-refractivity contribution is 7.99. The Bertz CT molecular complexity index is 497. The van der Waals surface area contributed by atoms with Crippen LogP contribution in [0, 0.1) is 5.92 Å². The average Bonchev–Trinajstić information content (AvgIpc) is 2.38. The van der Waals surface area contributed by atoms with E-state index in [2.05, 4.69) is 5.32 Å². The number of hydrogen-bond donors (Lipinski definition) is 2. The Balaban J connectivity index is 2.34. The van der Waals surface area contributed by atoms with Gasteiger partial charge in [0.1, 0.15) is 0 Å². The lowest BCUT2D eigenvalue weighted by atomic mass is 10.2. The Hall–Kier alpha value is -0.910. The molecule has 0 aromatic heterocycles. The van der Waals surface area contributed by atoms with Crippen molar-refractivity contribution in [1.29, 1.82) is 0 Å². The Morgan fingerprint density at radius 2 is 2.10 bits per heavy atom. The SMILES string of the molecule is CC(CSCCC(=O)Nc1cc(Cl)ccc1Cl)C(=O)O. The van der Waals surface area contributed by atoms with E-state index in [0.717, 1.165) is 0 Å². The second-order valence-corrected chi connectivity index (χ2v) is 6.23. The summed E-state index contributed by atoms with van der Waals surface area (Å²) in [5.41, 5.74) is 0.480. The summed E-state index contributed by atoms with van der Waals surface area (Å²) in [5.74, 6) is -0.370. The number of benzene rings is 1. The van der Waals surface area contributed by atoms with Gasteiger partial charge >= 0.3 is 5.97 Å². The molecule has 0 saturated heterocycles. The minimum atomic E-state index is -0.826. The molecule has 1 rings (SSSR count). The number of anilines is 1. The van der Waals surface area contributed by atoms with Gasteiger partial charge in [0, 0.05) is 22.9 Å². The van der Waals surface area contributed by atoms with Gasteiger partial charge in [-0.25, -0.2) is 0 Å². The van der Waals surface area contributed by atoms with Crippen molar-refractivity contribution in [3.8, 4) is 0 Å². The number of rotatable bonds is 7. The number of halogens is 2. The molecule has 1 aromatic carbocycles. The minimum Gasteiger partial charge on any atom is -0.481 e. The third kappa shape index (κ3) is 6.03. The van der Waals surface area contributed by atoms with Crippen LogP contribution in [0.5, 0.6) is 0 Å². The first-order valence-corrected chi connectivity index (χ1v) is 7.86. The van der Waals surface area contributed by atoms with Crippen molar-refractivity contribution in [1.82, 2.24) is 0 Å². The van der Waals surface area contributed by atoms with Crippen molar-refractivity contribution in [3.05, 3.63) is 28.2 Å². The van der Waals surface area contributed by atoms with Crippen molar-refractivity contribution in [2.75, 3.05) is 16.8 Å². The van der Waals surface area contributed by atoms with Gasteiger partial charge in [-0.15, -0.1) is 0 Å². The van der Waals surface area contributed by atoms with Crippen LogP contribution in [0.15, 0.2) is 18.2 Å². The van der Waals surface area contributed by atoms with Crippen molar-refractivity contribution >= 4 is 52.5 Å². The Kier molecular flexibility index (Phi) is 7.19. The van der Waals surface area contributed by atoms with Crippen LogP contribution in [0.1, 0.15) is 13.3 Å². The molecule has 0 spiro atoms. The van der Waals surface area contributed by atoms with E-state index in [1.807, 2.05) is 0 Å². The molecule has 0 aliphatic heterocycles. The van der Waals surface area contributed by atoms with Gasteiger partial charge in [0.25, 0.3) is 0 Å². The number of amides is 1. The summed E-state index contributed by atoms with van der Waals surface area (Å²) in [6.07, 6.45) is 0.292. The highest BCUT2D eigenvalue weighted by atomic mass is 35.5. The van der Waals surface area contributed by atoms with E-state index in [9.17, 15) is 9.59 Å². The molecule has 0 fully saturated rings. The quantitative estimate of drug-likeness (QED) is 0.744. The fraction of sp³-hybridized carbons (Fsp3) is 0.385. The van der Waals surface area contributed by atoms with Crippen molar-refractivity contribution in [2.45, 2.75) is 13.3 Å². The Morgan fingerprint density at radius 1 is 1.40 bits per heavy atom. The van der Waals surface area contributed by atoms with Gasteiger partial charge in [-0.1, -0.05) is 30.1 Å². The molecule has 0 radical (unpaired) electrons. The van der Waals surface area contributed by atoms with Crippen molar-refractivity contribution < 1.29 is 14.7 Å². The molecule has 1 unspecified atom stereocenters. The monoisotopic (exact) mass is 335 g/mol. The van der Waals surface area contributed by atoms with E-state index in [4.69, 9.17) is 28.3 Å². The normalized spacial score (nSPS) is 11.9. The Labute approximate surface area is 131 Å². The molecular weight excluding hydrogens is 321 g/mol. The first-order valence-electron chi connectivity index (χ1n) is 5.95. The molecule has 110 valence electrons. The van der Waals surface area contributed by atoms with Crippen LogP contribution >= 0.6 is 35.0 Å². The molecule has 1 aromatic rings. The van der Waals surface area contributed by atoms with E-state index >= 15 is 0 Å². The Morgan fingerprint density at radius 3 is 2.75 bits per heavy atom. The number of carbonyl (C=O) groups is 2. The van der Waals surface area contributed by atoms with Gasteiger partial charge in [0.15, 0.2) is 0 Å². The zero-order valence-electron chi connectivity index (χ0n) is 10.9. The van der Waals surface area contributed by atoms with Gasteiger partial charge in [-0.2, -0.15) is 11.8 Å². The smallest absolute Gasteiger partial charge is 0.307 e. The lowest BCUT2D eigenvalue weighted by Crippen LogP contribution is -2.15. The van der Waals surface area contributed by atoms with Crippen molar-refractivity contribution in [3.63, 3.8) is 0 Å². The molecule has 0 bridgehead atoms. The summed E-state index contributed by atoms with van der Waals surface area (Å²) in [7, 11) is 0. The van der Waals surface area contributed by atoms with Crippen LogP contribution in [0.2, 0.25) is 10.0 Å². The molecule has 0 saturated carbocycles. The molecular formula is C13H15Cl2NO3S. The summed E-state index contributed by atoms with van der Waals surface area (Å²) in [4.78, 5) is 22.3. The van der Waals surface area contributed by atoms with E-state index in [0.29, 0.717) is 33.7 Å². The van der Waals surface area contributed by atoms with Gasteiger partial charge in [0.05, 0.1) is 16.6 Å². The van der Waals surface area contributed by atoms with Crippen LogP contribution < -0.4 is 5.32 Å². The summed E-state index contributed by atoms with van der Waals surface area (Å²) in [6, 6.07) is 4.84. The molecule has 2 N–H and O–H groups in total. The molecule has 0 aliphatic rings. The minimum absolute atomic E-state index is 0.176. The first-order chi connectivity index (χ1) is 9.40. The number of nitrogens with one attached hydrogen (secondary N) is 1. The molecule has 1 amide bonds. The zero-order chi connectivity index (χ0) is 15.1. The standard InChI is InChI=1S/C13H15Cl2NO3S/c1-8(13(18)19)7-20-5-4-12(17)16-11-6-9(14)2-3-10(11)15/h2-3,6,8H,4-5,7H2,1H3,(H,16,17)(H,18,19). The fourth-order valence-corrected chi connectivity index (χ4v) is 2.63. The predicted octanol–water partition coefficient (Wildman–Crippen LogP) is 3.78. The van der Waals surface area contributed by atoms with Gasteiger partial charge in [-0.3, -0.25) is 9.59 Å². The largest absolute Gasteiger partial charge is 0.481 e. The average molecular weight is 336 g/mol. The van der Waals surface area contributed by atoms with Crippen LogP contribution in [-0.4, -0.2) is 28.5 Å². The van der Waals surface area contributed by atoms with Crippen LogP contribution in [0.25, 0.3) is 0 Å². The number of carboxylic acids is 1. The van der Waals surface area contributed by atoms with E-state index in [-0.39, 0.29) is 5.91 Å². The highest BCUT2D eigenvalue weighted by Crippen LogP contribution is 2.25. The van der Waals surface area contributed by atoms with Gasteiger partial charge in [0.2, 0.25) is 5.91 Å². The van der Waals surface area contributed by atoms with Crippen LogP contribution in [0.4, 0.5) is 5.69 Å². The summed E-state index contributed by atoms with van der Waals surface area (Å²) < 4.78 is 0. The molecule has 0 heterocycles. The maximum atomic E-state index is 11.7. The summed E-state index contributed by atoms with van der Waals surface area (Å²) in [6.45, 7) is 1.64. The number of carbonyl (C=O) groups excluding carboxylic acids is 1. The topological polar surface area (TPSA) is 66.4 Å². The third-order valence-corrected chi connectivity index (χ3v) is 4.26. The van der Waals surface area contributed by atoms with E-state index < -0.39 is 11.9 Å². The number of hydrogen-bond acceptors (Lipinski definition) is 3. The lowest BCUT2D eigenvalue weighted by molar-refractivity contribution is -0.140. The number of aliphatic carboxylic acids is 1. The molecule has 20 heavy (non-hydrogen) atoms. The number of thioether (sulfide) groups is 1. The molecule has 4 nitrogen and oxygen atoms in total. The van der Waals surface area contributed by atoms with Crippen molar-refractivity contribution in [2.24, 2.45) is 5.92 Å². The van der Waals surface area contributed by atoms with Gasteiger partial charge in [-0.05, 0) is 18.2 Å². The summed E-state index contributed by atoms with van der Waals surface area (Å²) in [5, 5.41) is 12.3. The molecule has 7 heteroatoms. The second kappa shape index (κ2) is 8.39. The van der Waals surface area contributed by atoms with E-state index in [1.165, 1.54) is 11.8 Å².